The van der Waals surface area contributed by atoms with Gasteiger partial charge in [0.15, 0.2) is 0 Å². The van der Waals surface area contributed by atoms with Crippen LogP contribution in [0.4, 0.5) is 5.69 Å². The summed E-state index contributed by atoms with van der Waals surface area (Å²) in [6, 6.07) is 18.8. The molecule has 1 amide bonds. The molecule has 0 fully saturated rings. The number of hydrogen-bond acceptors (Lipinski definition) is 4. The van der Waals surface area contributed by atoms with Crippen molar-refractivity contribution in [2.24, 2.45) is 0 Å². The van der Waals surface area contributed by atoms with E-state index in [0.29, 0.717) is 16.3 Å². The first-order valence-corrected chi connectivity index (χ1v) is 12.3. The molecule has 0 aliphatic rings. The maximum Gasteiger partial charge on any atom is 0.264 e. The highest BCUT2D eigenvalue weighted by molar-refractivity contribution is 7.92. The largest absolute Gasteiger partial charge is 0.491 e. The van der Waals surface area contributed by atoms with Crippen LogP contribution in [0, 0.1) is 20.8 Å². The summed E-state index contributed by atoms with van der Waals surface area (Å²) in [6.07, 6.45) is 0. The van der Waals surface area contributed by atoms with Gasteiger partial charge in [0.1, 0.15) is 18.9 Å². The Hall–Kier alpha value is -3.03. The van der Waals surface area contributed by atoms with Crippen LogP contribution in [0.5, 0.6) is 5.75 Å². The molecule has 3 rings (SSSR count). The normalized spacial score (nSPS) is 11.2. The van der Waals surface area contributed by atoms with Gasteiger partial charge in [0, 0.05) is 5.02 Å². The number of ether oxygens (including phenoxy) is 1. The van der Waals surface area contributed by atoms with Crippen molar-refractivity contribution in [2.45, 2.75) is 25.7 Å². The molecule has 0 spiro atoms. The lowest BCUT2D eigenvalue weighted by molar-refractivity contribution is -0.119. The topological polar surface area (TPSA) is 75.7 Å². The summed E-state index contributed by atoms with van der Waals surface area (Å²) < 4.78 is 33.6. The van der Waals surface area contributed by atoms with Gasteiger partial charge in [-0.3, -0.25) is 9.10 Å². The van der Waals surface area contributed by atoms with Crippen LogP contribution in [0.25, 0.3) is 0 Å². The summed E-state index contributed by atoms with van der Waals surface area (Å²) in [7, 11) is -3.97. The number of rotatable bonds is 9. The number of benzene rings is 3. The second kappa shape index (κ2) is 10.7. The van der Waals surface area contributed by atoms with E-state index in [4.69, 9.17) is 16.3 Å². The summed E-state index contributed by atoms with van der Waals surface area (Å²) >= 11 is 6.05. The standard InChI is InChI=1S/C25H27ClN2O4S/c1-18-9-12-24(20(3)15-18)32-14-13-27-25(29)17-28(23-11-10-21(26)16-19(23)2)33(30,31)22-7-5-4-6-8-22/h4-12,15-16H,13-14,17H2,1-3H3,(H,27,29). The predicted molar refractivity (Wildman–Crippen MR) is 132 cm³/mol. The summed E-state index contributed by atoms with van der Waals surface area (Å²) in [5.41, 5.74) is 3.20. The molecule has 0 aliphatic heterocycles. The number of halogens is 1. The zero-order chi connectivity index (χ0) is 24.0. The van der Waals surface area contributed by atoms with Crippen molar-refractivity contribution in [1.29, 1.82) is 0 Å². The lowest BCUT2D eigenvalue weighted by atomic mass is 10.1. The molecule has 8 heteroatoms. The highest BCUT2D eigenvalue weighted by Gasteiger charge is 2.28. The van der Waals surface area contributed by atoms with E-state index in [9.17, 15) is 13.2 Å². The second-order valence-corrected chi connectivity index (χ2v) is 10.0. The van der Waals surface area contributed by atoms with Gasteiger partial charge in [0.2, 0.25) is 5.91 Å². The predicted octanol–water partition coefficient (Wildman–Crippen LogP) is 4.66. The minimum atomic E-state index is -3.97. The number of carbonyl (C=O) groups is 1. The van der Waals surface area contributed by atoms with Crippen LogP contribution in [0.3, 0.4) is 0 Å². The monoisotopic (exact) mass is 486 g/mol. The number of anilines is 1. The van der Waals surface area contributed by atoms with Crippen molar-refractivity contribution >= 4 is 33.2 Å². The molecule has 0 bridgehead atoms. The minimum absolute atomic E-state index is 0.102. The van der Waals surface area contributed by atoms with Gasteiger partial charge in [0.05, 0.1) is 17.1 Å². The molecule has 0 saturated carbocycles. The first-order chi connectivity index (χ1) is 15.7. The highest BCUT2D eigenvalue weighted by atomic mass is 35.5. The average Bonchev–Trinajstić information content (AvgIpc) is 2.77. The van der Waals surface area contributed by atoms with Crippen LogP contribution in [0.1, 0.15) is 16.7 Å². The van der Waals surface area contributed by atoms with E-state index in [1.807, 2.05) is 32.0 Å². The fourth-order valence-corrected chi connectivity index (χ4v) is 5.15. The van der Waals surface area contributed by atoms with Gasteiger partial charge in [-0.2, -0.15) is 0 Å². The molecule has 0 aromatic heterocycles. The molecule has 0 aliphatic carbocycles. The van der Waals surface area contributed by atoms with Gasteiger partial charge in [-0.25, -0.2) is 8.42 Å². The zero-order valence-electron chi connectivity index (χ0n) is 18.8. The first kappa shape index (κ1) is 24.6. The number of sulfonamides is 1. The van der Waals surface area contributed by atoms with Crippen LogP contribution in [-0.2, 0) is 14.8 Å². The molecule has 0 atom stereocenters. The van der Waals surface area contributed by atoms with Crippen molar-refractivity contribution in [1.82, 2.24) is 5.32 Å². The summed E-state index contributed by atoms with van der Waals surface area (Å²) in [4.78, 5) is 12.8. The Balaban J connectivity index is 1.72. The lowest BCUT2D eigenvalue weighted by Crippen LogP contribution is -2.42. The van der Waals surface area contributed by atoms with Crippen molar-refractivity contribution in [3.63, 3.8) is 0 Å². The Bertz CT molecular complexity index is 1230. The third kappa shape index (κ3) is 6.27. The van der Waals surface area contributed by atoms with E-state index in [0.717, 1.165) is 21.2 Å². The SMILES string of the molecule is Cc1ccc(OCCNC(=O)CN(c2ccc(Cl)cc2C)S(=O)(=O)c2ccccc2)c(C)c1. The second-order valence-electron chi connectivity index (χ2n) is 7.72. The molecule has 3 aromatic rings. The highest BCUT2D eigenvalue weighted by Crippen LogP contribution is 2.28. The van der Waals surface area contributed by atoms with Gasteiger partial charge >= 0.3 is 0 Å². The van der Waals surface area contributed by atoms with Crippen molar-refractivity contribution in [2.75, 3.05) is 24.0 Å². The van der Waals surface area contributed by atoms with E-state index in [1.54, 1.807) is 43.3 Å². The lowest BCUT2D eigenvalue weighted by Gasteiger charge is -2.25. The summed E-state index contributed by atoms with van der Waals surface area (Å²) in [5.74, 6) is 0.313. The number of amides is 1. The van der Waals surface area contributed by atoms with E-state index < -0.39 is 15.9 Å². The molecule has 0 saturated heterocycles. The quantitative estimate of drug-likeness (QED) is 0.446. The number of hydrogen-bond donors (Lipinski definition) is 1. The molecule has 0 unspecified atom stereocenters. The summed E-state index contributed by atoms with van der Waals surface area (Å²) in [5, 5.41) is 3.23. The minimum Gasteiger partial charge on any atom is -0.491 e. The van der Waals surface area contributed by atoms with Gasteiger partial charge in [-0.05, 0) is 68.3 Å². The van der Waals surface area contributed by atoms with Crippen LogP contribution in [-0.4, -0.2) is 34.0 Å². The van der Waals surface area contributed by atoms with Crippen molar-refractivity contribution < 1.29 is 17.9 Å². The molecule has 0 radical (unpaired) electrons. The molecule has 6 nitrogen and oxygen atoms in total. The Morgan fingerprint density at radius 3 is 2.36 bits per heavy atom. The summed E-state index contributed by atoms with van der Waals surface area (Å²) in [6.45, 7) is 5.86. The number of nitrogens with zero attached hydrogens (tertiary/aromatic N) is 1. The van der Waals surface area contributed by atoms with Crippen molar-refractivity contribution in [3.05, 3.63) is 88.4 Å². The van der Waals surface area contributed by atoms with Gasteiger partial charge in [0.25, 0.3) is 10.0 Å². The van der Waals surface area contributed by atoms with Gasteiger partial charge < -0.3 is 10.1 Å². The molecular weight excluding hydrogens is 460 g/mol. The fraction of sp³-hybridized carbons (Fsp3) is 0.240. The molecule has 174 valence electrons. The third-order valence-corrected chi connectivity index (χ3v) is 7.07. The Labute approximate surface area is 200 Å². The number of nitrogens with one attached hydrogen (secondary N) is 1. The maximum atomic E-state index is 13.4. The van der Waals surface area contributed by atoms with E-state index in [1.165, 1.54) is 12.1 Å². The molecule has 3 aromatic carbocycles. The van der Waals surface area contributed by atoms with E-state index >= 15 is 0 Å². The Kier molecular flexibility index (Phi) is 8.00. The fourth-order valence-electron chi connectivity index (χ4n) is 3.42. The van der Waals surface area contributed by atoms with Gasteiger partial charge in [-0.1, -0.05) is 47.5 Å². The van der Waals surface area contributed by atoms with Gasteiger partial charge in [-0.15, -0.1) is 0 Å². The Morgan fingerprint density at radius 2 is 1.70 bits per heavy atom. The average molecular weight is 487 g/mol. The molecule has 0 heterocycles. The number of aryl methyl sites for hydroxylation is 3. The smallest absolute Gasteiger partial charge is 0.264 e. The molecular formula is C25H27ClN2O4S. The third-order valence-electron chi connectivity index (χ3n) is 5.06. The molecule has 33 heavy (non-hydrogen) atoms. The number of carbonyl (C=O) groups excluding carboxylic acids is 1. The van der Waals surface area contributed by atoms with Crippen LogP contribution >= 0.6 is 11.6 Å². The van der Waals surface area contributed by atoms with Crippen LogP contribution in [0.2, 0.25) is 5.02 Å². The van der Waals surface area contributed by atoms with Crippen LogP contribution < -0.4 is 14.4 Å². The van der Waals surface area contributed by atoms with E-state index in [2.05, 4.69) is 5.32 Å². The van der Waals surface area contributed by atoms with E-state index in [-0.39, 0.29) is 24.6 Å². The Morgan fingerprint density at radius 1 is 0.970 bits per heavy atom. The van der Waals surface area contributed by atoms with Crippen molar-refractivity contribution in [3.8, 4) is 5.75 Å². The van der Waals surface area contributed by atoms with Crippen LogP contribution in [0.15, 0.2) is 71.6 Å². The maximum absolute atomic E-state index is 13.4. The molecule has 1 N–H and O–H groups in total. The zero-order valence-corrected chi connectivity index (χ0v) is 20.4. The first-order valence-electron chi connectivity index (χ1n) is 10.5.